The number of hydrogen-bond acceptors (Lipinski definition) is 5. The zero-order valence-electron chi connectivity index (χ0n) is 17.5. The van der Waals surface area contributed by atoms with Gasteiger partial charge in [0.2, 0.25) is 5.13 Å². The first-order chi connectivity index (χ1) is 15.1. The fourth-order valence-corrected chi connectivity index (χ4v) is 3.85. The second kappa shape index (κ2) is 8.16. The Morgan fingerprint density at radius 1 is 1.06 bits per heavy atom. The molecule has 0 aliphatic heterocycles. The van der Waals surface area contributed by atoms with Crippen molar-refractivity contribution in [2.45, 2.75) is 26.4 Å². The first-order valence-electron chi connectivity index (χ1n) is 9.69. The van der Waals surface area contributed by atoms with Gasteiger partial charge in [-0.15, -0.1) is 11.3 Å². The van der Waals surface area contributed by atoms with Crippen LogP contribution in [0.4, 0.5) is 8.78 Å². The molecule has 4 aromatic rings. The summed E-state index contributed by atoms with van der Waals surface area (Å²) >= 11 is 1.07. The van der Waals surface area contributed by atoms with E-state index >= 15 is 0 Å². The van der Waals surface area contributed by atoms with Crippen molar-refractivity contribution in [1.82, 2.24) is 14.8 Å². The molecular formula is C23H19F2N3O3S. The zero-order valence-corrected chi connectivity index (χ0v) is 18.3. The predicted molar refractivity (Wildman–Crippen MR) is 118 cm³/mol. The van der Waals surface area contributed by atoms with Crippen LogP contribution in [0.2, 0.25) is 0 Å². The Hall–Kier alpha value is -3.59. The van der Waals surface area contributed by atoms with Gasteiger partial charge in [-0.2, -0.15) is 4.68 Å². The number of aromatic amines is 1. The fraction of sp³-hybridized carbons (Fsp3) is 0.174. The van der Waals surface area contributed by atoms with E-state index < -0.39 is 28.8 Å². The summed E-state index contributed by atoms with van der Waals surface area (Å²) in [5, 5.41) is 4.65. The second-order valence-corrected chi connectivity index (χ2v) is 8.85. The van der Waals surface area contributed by atoms with Gasteiger partial charge in [0, 0.05) is 10.9 Å². The standard InChI is InChI=1S/C23H19F2N3O3S/c1-23(2,3)31-21(30)17-12-32-22(26-17)28-20(29)18(13-7-5-4-6-8-13)19(27-28)14-9-10-15(24)16(25)11-14/h4-12,27H,1-3H3. The van der Waals surface area contributed by atoms with E-state index in [2.05, 4.69) is 10.1 Å². The molecule has 4 rings (SSSR count). The Kier molecular flexibility index (Phi) is 5.52. The highest BCUT2D eigenvalue weighted by Gasteiger charge is 2.24. The number of H-pyrrole nitrogens is 1. The average Bonchev–Trinajstić information content (AvgIpc) is 3.34. The Balaban J connectivity index is 1.85. The molecule has 0 unspecified atom stereocenters. The summed E-state index contributed by atoms with van der Waals surface area (Å²) < 4.78 is 33.9. The van der Waals surface area contributed by atoms with Crippen molar-refractivity contribution in [3.05, 3.63) is 81.6 Å². The van der Waals surface area contributed by atoms with Crippen LogP contribution in [0.1, 0.15) is 31.3 Å². The summed E-state index contributed by atoms with van der Waals surface area (Å²) in [6.45, 7) is 5.23. The van der Waals surface area contributed by atoms with E-state index in [-0.39, 0.29) is 16.4 Å². The van der Waals surface area contributed by atoms with E-state index in [0.717, 1.165) is 23.5 Å². The minimum Gasteiger partial charge on any atom is -0.455 e. The van der Waals surface area contributed by atoms with Crippen LogP contribution >= 0.6 is 11.3 Å². The molecule has 6 nitrogen and oxygen atoms in total. The SMILES string of the molecule is CC(C)(C)OC(=O)c1csc(-n2[nH]c(-c3ccc(F)c(F)c3)c(-c3ccccc3)c2=O)n1. The Morgan fingerprint density at radius 2 is 1.78 bits per heavy atom. The maximum absolute atomic E-state index is 13.9. The highest BCUT2D eigenvalue weighted by molar-refractivity contribution is 7.12. The number of rotatable bonds is 4. The molecule has 2 aromatic heterocycles. The smallest absolute Gasteiger partial charge is 0.358 e. The largest absolute Gasteiger partial charge is 0.455 e. The third-order valence-electron chi connectivity index (χ3n) is 4.45. The number of aromatic nitrogens is 3. The van der Waals surface area contributed by atoms with Crippen LogP contribution in [0, 0.1) is 11.6 Å². The van der Waals surface area contributed by atoms with E-state index in [1.165, 1.54) is 16.1 Å². The van der Waals surface area contributed by atoms with Crippen molar-refractivity contribution < 1.29 is 18.3 Å². The van der Waals surface area contributed by atoms with Crippen LogP contribution in [0.25, 0.3) is 27.5 Å². The molecular weight excluding hydrogens is 436 g/mol. The van der Waals surface area contributed by atoms with E-state index in [4.69, 9.17) is 4.74 Å². The van der Waals surface area contributed by atoms with Gasteiger partial charge in [0.1, 0.15) is 5.60 Å². The van der Waals surface area contributed by atoms with Gasteiger partial charge in [0.25, 0.3) is 5.56 Å². The number of carbonyl (C=O) groups excluding carboxylic acids is 1. The normalized spacial score (nSPS) is 11.5. The molecule has 0 bridgehead atoms. The molecule has 164 valence electrons. The molecule has 2 heterocycles. The molecule has 9 heteroatoms. The monoisotopic (exact) mass is 455 g/mol. The number of hydrogen-bond donors (Lipinski definition) is 1. The van der Waals surface area contributed by atoms with Gasteiger partial charge in [0.15, 0.2) is 17.3 Å². The Labute approximate surface area is 186 Å². The third-order valence-corrected chi connectivity index (χ3v) is 5.28. The maximum Gasteiger partial charge on any atom is 0.358 e. The molecule has 32 heavy (non-hydrogen) atoms. The highest BCUT2D eigenvalue weighted by atomic mass is 32.1. The van der Waals surface area contributed by atoms with Crippen LogP contribution in [0.5, 0.6) is 0 Å². The zero-order chi connectivity index (χ0) is 23.0. The Morgan fingerprint density at radius 3 is 2.44 bits per heavy atom. The number of halogens is 2. The van der Waals surface area contributed by atoms with E-state index in [9.17, 15) is 18.4 Å². The first kappa shape index (κ1) is 21.6. The summed E-state index contributed by atoms with van der Waals surface area (Å²) in [5.74, 6) is -2.63. The molecule has 0 aliphatic rings. The molecule has 0 amide bonds. The summed E-state index contributed by atoms with van der Waals surface area (Å²) in [5.41, 5.74) is 0.390. The quantitative estimate of drug-likeness (QED) is 0.430. The lowest BCUT2D eigenvalue weighted by Crippen LogP contribution is -2.24. The van der Waals surface area contributed by atoms with E-state index in [0.29, 0.717) is 16.8 Å². The summed E-state index contributed by atoms with van der Waals surface area (Å²) in [6.07, 6.45) is 0. The number of carbonyl (C=O) groups is 1. The molecule has 0 radical (unpaired) electrons. The van der Waals surface area contributed by atoms with Crippen molar-refractivity contribution in [2.24, 2.45) is 0 Å². The van der Waals surface area contributed by atoms with Gasteiger partial charge in [-0.3, -0.25) is 9.89 Å². The lowest BCUT2D eigenvalue weighted by molar-refractivity contribution is 0.00636. The number of benzene rings is 2. The van der Waals surface area contributed by atoms with Crippen molar-refractivity contribution in [3.8, 4) is 27.5 Å². The molecule has 0 fully saturated rings. The van der Waals surface area contributed by atoms with Crippen LogP contribution in [-0.4, -0.2) is 26.3 Å². The fourth-order valence-electron chi connectivity index (χ4n) is 3.10. The summed E-state index contributed by atoms with van der Waals surface area (Å²) in [4.78, 5) is 29.9. The molecule has 0 aliphatic carbocycles. The number of thiazole rings is 1. The number of nitrogens with one attached hydrogen (secondary N) is 1. The van der Waals surface area contributed by atoms with E-state index in [1.807, 2.05) is 0 Å². The van der Waals surface area contributed by atoms with Gasteiger partial charge in [-0.25, -0.2) is 18.6 Å². The van der Waals surface area contributed by atoms with Crippen molar-refractivity contribution in [3.63, 3.8) is 0 Å². The number of ether oxygens (including phenoxy) is 1. The Bertz CT molecular complexity index is 1350. The van der Waals surface area contributed by atoms with Crippen LogP contribution in [-0.2, 0) is 4.74 Å². The van der Waals surface area contributed by atoms with Gasteiger partial charge in [0.05, 0.1) is 11.3 Å². The third kappa shape index (κ3) is 4.24. The predicted octanol–water partition coefficient (Wildman–Crippen LogP) is 5.19. The molecule has 1 N–H and O–H groups in total. The molecule has 0 saturated carbocycles. The van der Waals surface area contributed by atoms with Gasteiger partial charge in [-0.05, 0) is 44.5 Å². The molecule has 0 saturated heterocycles. The van der Waals surface area contributed by atoms with Crippen LogP contribution < -0.4 is 5.56 Å². The van der Waals surface area contributed by atoms with Crippen molar-refractivity contribution in [2.75, 3.05) is 0 Å². The first-order valence-corrected chi connectivity index (χ1v) is 10.6. The highest BCUT2D eigenvalue weighted by Crippen LogP contribution is 2.30. The van der Waals surface area contributed by atoms with Crippen LogP contribution in [0.15, 0.2) is 58.7 Å². The molecule has 2 aromatic carbocycles. The maximum atomic E-state index is 13.9. The summed E-state index contributed by atoms with van der Waals surface area (Å²) in [6, 6.07) is 12.2. The van der Waals surface area contributed by atoms with Crippen molar-refractivity contribution in [1.29, 1.82) is 0 Å². The summed E-state index contributed by atoms with van der Waals surface area (Å²) in [7, 11) is 0. The van der Waals surface area contributed by atoms with Gasteiger partial charge in [-0.1, -0.05) is 30.3 Å². The van der Waals surface area contributed by atoms with Crippen LogP contribution in [0.3, 0.4) is 0 Å². The van der Waals surface area contributed by atoms with Gasteiger partial charge >= 0.3 is 5.97 Å². The van der Waals surface area contributed by atoms with Crippen molar-refractivity contribution >= 4 is 17.3 Å². The second-order valence-electron chi connectivity index (χ2n) is 8.01. The molecule has 0 atom stereocenters. The minimum atomic E-state index is -1.03. The number of nitrogens with zero attached hydrogens (tertiary/aromatic N) is 2. The topological polar surface area (TPSA) is 77.0 Å². The van der Waals surface area contributed by atoms with Gasteiger partial charge < -0.3 is 4.74 Å². The minimum absolute atomic E-state index is 0.0667. The van der Waals surface area contributed by atoms with E-state index in [1.54, 1.807) is 51.1 Å². The average molecular weight is 455 g/mol. The molecule has 0 spiro atoms. The lowest BCUT2D eigenvalue weighted by Gasteiger charge is -2.18. The number of esters is 1. The lowest BCUT2D eigenvalue weighted by atomic mass is 10.0.